The average molecular weight is 455 g/mol. The van der Waals surface area contributed by atoms with E-state index in [1.54, 1.807) is 6.20 Å². The van der Waals surface area contributed by atoms with Gasteiger partial charge in [0.05, 0.1) is 6.37 Å². The number of fused-ring (bicyclic) bond motifs is 1. The first-order valence-corrected chi connectivity index (χ1v) is 12.3. The van der Waals surface area contributed by atoms with Crippen LogP contribution in [0.3, 0.4) is 0 Å². The summed E-state index contributed by atoms with van der Waals surface area (Å²) in [6, 6.07) is 4.29. The smallest absolute Gasteiger partial charge is 0.139 e. The predicted molar refractivity (Wildman–Crippen MR) is 113 cm³/mol. The van der Waals surface area contributed by atoms with Crippen molar-refractivity contribution in [1.29, 1.82) is 0 Å². The molecule has 0 spiro atoms. The summed E-state index contributed by atoms with van der Waals surface area (Å²) in [5.74, 6) is 0.730. The lowest BCUT2D eigenvalue weighted by Gasteiger charge is -2.15. The fraction of sp³-hybridized carbons (Fsp3) is 0.412. The highest BCUT2D eigenvalue weighted by Gasteiger charge is 2.14. The molecule has 0 bridgehead atoms. The van der Waals surface area contributed by atoms with E-state index in [-0.39, 0.29) is 0 Å². The summed E-state index contributed by atoms with van der Waals surface area (Å²) in [5.41, 5.74) is 8.72. The van der Waals surface area contributed by atoms with E-state index < -0.39 is 0 Å². The third kappa shape index (κ3) is 4.35. The molecule has 2 aromatic heterocycles. The van der Waals surface area contributed by atoms with Crippen LogP contribution in [0.5, 0.6) is 0 Å². The first-order chi connectivity index (χ1) is 11.8. The molecular weight excluding hydrogens is 432 g/mol. The molecule has 2 unspecified atom stereocenters. The number of rotatable bonds is 5. The lowest BCUT2D eigenvalue weighted by molar-refractivity contribution is 0.409. The van der Waals surface area contributed by atoms with Gasteiger partial charge in [0.1, 0.15) is 5.65 Å². The molecule has 5 nitrogen and oxygen atoms in total. The molecule has 3 rings (SSSR count). The SMILES string of the molecule is NC=C(C=NPI)c1cnc2c(ccn2CC2CCCNCC2)c1. The maximum atomic E-state index is 5.74. The zero-order valence-electron chi connectivity index (χ0n) is 13.6. The van der Waals surface area contributed by atoms with Gasteiger partial charge in [-0.2, -0.15) is 0 Å². The standard InChI is InChI=1S/C17H23IN5P/c18-24-22-11-16(9-19)15-8-14-4-7-23(17(14)21-10-15)12-13-2-1-5-20-6-3-13/h4,7-11,13,20,24H,1-3,5-6,12,19H2. The number of nitrogens with one attached hydrogen (secondary N) is 1. The molecule has 1 aliphatic rings. The number of hydrogen-bond acceptors (Lipinski definition) is 4. The predicted octanol–water partition coefficient (Wildman–Crippen LogP) is 3.74. The van der Waals surface area contributed by atoms with Crippen molar-refractivity contribution < 1.29 is 0 Å². The maximum absolute atomic E-state index is 5.74. The minimum absolute atomic E-state index is 0.499. The number of aromatic nitrogens is 2. The van der Waals surface area contributed by atoms with E-state index in [1.165, 1.54) is 19.3 Å². The van der Waals surface area contributed by atoms with E-state index in [4.69, 9.17) is 10.7 Å². The quantitative estimate of drug-likeness (QED) is 0.410. The van der Waals surface area contributed by atoms with Crippen LogP contribution in [-0.4, -0.2) is 28.9 Å². The Morgan fingerprint density at radius 2 is 2.42 bits per heavy atom. The Balaban J connectivity index is 1.81. The van der Waals surface area contributed by atoms with Crippen LogP contribution >= 0.6 is 28.4 Å². The van der Waals surface area contributed by atoms with Crippen LogP contribution in [0.15, 0.2) is 35.5 Å². The second-order valence-electron chi connectivity index (χ2n) is 6.12. The second kappa shape index (κ2) is 8.92. The zero-order valence-corrected chi connectivity index (χ0v) is 16.7. The van der Waals surface area contributed by atoms with Crippen molar-refractivity contribution in [2.75, 3.05) is 13.1 Å². The van der Waals surface area contributed by atoms with Crippen LogP contribution in [0.25, 0.3) is 16.6 Å². The Bertz CT molecular complexity index is 732. The fourth-order valence-electron chi connectivity index (χ4n) is 3.24. The Morgan fingerprint density at radius 3 is 3.25 bits per heavy atom. The summed E-state index contributed by atoms with van der Waals surface area (Å²) in [5, 5.41) is 4.64. The monoisotopic (exact) mass is 455 g/mol. The fourth-order valence-corrected chi connectivity index (χ4v) is 3.85. The lowest BCUT2D eigenvalue weighted by atomic mass is 10.0. The molecule has 0 amide bonds. The Kier molecular flexibility index (Phi) is 6.63. The molecule has 0 aromatic carbocycles. The van der Waals surface area contributed by atoms with E-state index in [2.05, 4.69) is 55.0 Å². The van der Waals surface area contributed by atoms with Crippen LogP contribution in [0.4, 0.5) is 0 Å². The normalized spacial score (nSPS) is 20.4. The van der Waals surface area contributed by atoms with Crippen LogP contribution in [0, 0.1) is 5.92 Å². The third-order valence-corrected chi connectivity index (χ3v) is 5.58. The van der Waals surface area contributed by atoms with Gasteiger partial charge in [-0.05, 0) is 72.4 Å². The van der Waals surface area contributed by atoms with Crippen molar-refractivity contribution in [2.45, 2.75) is 25.8 Å². The highest BCUT2D eigenvalue weighted by molar-refractivity contribution is 14.2. The number of nitrogens with zero attached hydrogens (tertiary/aromatic N) is 3. The minimum Gasteiger partial charge on any atom is -0.404 e. The molecule has 1 aliphatic heterocycles. The number of nitrogens with two attached hydrogens (primary N) is 1. The van der Waals surface area contributed by atoms with Gasteiger partial charge in [-0.3, -0.25) is 4.76 Å². The van der Waals surface area contributed by atoms with Gasteiger partial charge in [0.15, 0.2) is 0 Å². The molecule has 1 saturated heterocycles. The molecule has 2 aromatic rings. The molecule has 3 heterocycles. The van der Waals surface area contributed by atoms with Gasteiger partial charge in [0, 0.05) is 47.9 Å². The largest absolute Gasteiger partial charge is 0.404 e. The Labute approximate surface area is 157 Å². The van der Waals surface area contributed by atoms with Crippen molar-refractivity contribution in [3.63, 3.8) is 0 Å². The zero-order chi connectivity index (χ0) is 16.8. The van der Waals surface area contributed by atoms with Gasteiger partial charge in [-0.1, -0.05) is 0 Å². The molecule has 1 fully saturated rings. The van der Waals surface area contributed by atoms with E-state index in [9.17, 15) is 0 Å². The van der Waals surface area contributed by atoms with Gasteiger partial charge in [-0.15, -0.1) is 0 Å². The van der Waals surface area contributed by atoms with Crippen molar-refractivity contribution in [1.82, 2.24) is 14.9 Å². The summed E-state index contributed by atoms with van der Waals surface area (Å²) < 4.78 is 6.59. The summed E-state index contributed by atoms with van der Waals surface area (Å²) in [7, 11) is 0. The van der Waals surface area contributed by atoms with E-state index in [0.717, 1.165) is 47.7 Å². The highest BCUT2D eigenvalue weighted by atomic mass is 127. The van der Waals surface area contributed by atoms with Crippen LogP contribution in [0.1, 0.15) is 24.8 Å². The van der Waals surface area contributed by atoms with Crippen molar-refractivity contribution in [3.8, 4) is 0 Å². The molecule has 0 aliphatic carbocycles. The topological polar surface area (TPSA) is 68.2 Å². The van der Waals surface area contributed by atoms with Crippen LogP contribution < -0.4 is 11.1 Å². The van der Waals surface area contributed by atoms with Gasteiger partial charge < -0.3 is 15.6 Å². The van der Waals surface area contributed by atoms with E-state index in [0.29, 0.717) is 6.37 Å². The van der Waals surface area contributed by atoms with Gasteiger partial charge in [0.2, 0.25) is 0 Å². The number of halogens is 1. The summed E-state index contributed by atoms with van der Waals surface area (Å²) in [6.45, 7) is 3.33. The molecule has 3 N–H and O–H groups in total. The first-order valence-electron chi connectivity index (χ1n) is 8.28. The molecule has 24 heavy (non-hydrogen) atoms. The Morgan fingerprint density at radius 1 is 1.50 bits per heavy atom. The average Bonchev–Trinajstić information content (AvgIpc) is 2.82. The molecule has 7 heteroatoms. The van der Waals surface area contributed by atoms with E-state index in [1.807, 2.05) is 12.4 Å². The molecule has 0 saturated carbocycles. The number of hydrogen-bond donors (Lipinski definition) is 2. The summed E-state index contributed by atoms with van der Waals surface area (Å²) >= 11 is 2.24. The lowest BCUT2D eigenvalue weighted by Crippen LogP contribution is -2.15. The molecule has 128 valence electrons. The van der Waals surface area contributed by atoms with Gasteiger partial charge in [0.25, 0.3) is 0 Å². The van der Waals surface area contributed by atoms with Crippen LogP contribution in [0.2, 0.25) is 0 Å². The summed E-state index contributed by atoms with van der Waals surface area (Å²) in [4.78, 5) is 4.70. The molecular formula is C17H23IN5P. The highest BCUT2D eigenvalue weighted by Crippen LogP contribution is 2.25. The molecule has 0 radical (unpaired) electrons. The minimum atomic E-state index is 0.499. The van der Waals surface area contributed by atoms with Crippen molar-refractivity contribution in [2.24, 2.45) is 16.4 Å². The number of pyridine rings is 1. The van der Waals surface area contributed by atoms with E-state index >= 15 is 0 Å². The van der Waals surface area contributed by atoms with Crippen molar-refractivity contribution >= 4 is 51.2 Å². The second-order valence-corrected chi connectivity index (χ2v) is 7.99. The Hall–Kier alpha value is -0.980. The summed E-state index contributed by atoms with van der Waals surface area (Å²) in [6.07, 6.45) is 11.8. The first kappa shape index (κ1) is 17.8. The van der Waals surface area contributed by atoms with Crippen LogP contribution in [-0.2, 0) is 6.54 Å². The van der Waals surface area contributed by atoms with Crippen molar-refractivity contribution in [3.05, 3.63) is 36.3 Å². The number of allylic oxidation sites excluding steroid dienone is 1. The maximum Gasteiger partial charge on any atom is 0.139 e. The van der Waals surface area contributed by atoms with Gasteiger partial charge in [-0.25, -0.2) is 4.98 Å². The van der Waals surface area contributed by atoms with Gasteiger partial charge >= 0.3 is 0 Å². The molecule has 2 atom stereocenters. The third-order valence-electron chi connectivity index (χ3n) is 4.52.